The predicted octanol–water partition coefficient (Wildman–Crippen LogP) is 0.977. The number of fused-ring (bicyclic) bond motifs is 1. The van der Waals surface area contributed by atoms with Gasteiger partial charge in [-0.1, -0.05) is 13.8 Å². The summed E-state index contributed by atoms with van der Waals surface area (Å²) in [5.74, 6) is 1.12. The molecule has 0 saturated carbocycles. The zero-order valence-corrected chi connectivity index (χ0v) is 17.5. The first-order valence-electron chi connectivity index (χ1n) is 10.1. The summed E-state index contributed by atoms with van der Waals surface area (Å²) >= 11 is 0. The smallest absolute Gasteiger partial charge is 0.289 e. The van der Waals surface area contributed by atoms with Crippen LogP contribution in [-0.4, -0.2) is 56.0 Å². The third-order valence-corrected chi connectivity index (χ3v) is 5.36. The summed E-state index contributed by atoms with van der Waals surface area (Å²) in [7, 11) is 0. The van der Waals surface area contributed by atoms with Crippen molar-refractivity contribution in [1.29, 1.82) is 0 Å². The zero-order valence-electron chi connectivity index (χ0n) is 17.5. The van der Waals surface area contributed by atoms with E-state index in [2.05, 4.69) is 15.5 Å². The van der Waals surface area contributed by atoms with Crippen LogP contribution in [-0.2, 0) is 38.6 Å². The molecule has 29 heavy (non-hydrogen) atoms. The van der Waals surface area contributed by atoms with Gasteiger partial charge in [0.25, 0.3) is 5.91 Å². The van der Waals surface area contributed by atoms with E-state index in [4.69, 9.17) is 4.74 Å². The number of nitrogens with one attached hydrogen (secondary N) is 1. The molecular formula is C20H29N5O4. The molecule has 3 heterocycles. The molecule has 2 aliphatic rings. The predicted molar refractivity (Wildman–Crippen MR) is 104 cm³/mol. The molecule has 0 spiro atoms. The minimum Gasteiger partial charge on any atom is -0.481 e. The Labute approximate surface area is 170 Å². The van der Waals surface area contributed by atoms with Crippen molar-refractivity contribution in [1.82, 2.24) is 25.0 Å². The Bertz CT molecular complexity index is 842. The Kier molecular flexibility index (Phi) is 6.04. The first kappa shape index (κ1) is 21.0. The molecule has 0 unspecified atom stereocenters. The van der Waals surface area contributed by atoms with Gasteiger partial charge in [-0.25, -0.2) is 0 Å². The van der Waals surface area contributed by atoms with Gasteiger partial charge in [0, 0.05) is 44.5 Å². The van der Waals surface area contributed by atoms with Crippen molar-refractivity contribution >= 4 is 17.6 Å². The fourth-order valence-corrected chi connectivity index (χ4v) is 3.48. The Balaban J connectivity index is 1.65. The first-order valence-corrected chi connectivity index (χ1v) is 10.1. The van der Waals surface area contributed by atoms with Crippen LogP contribution in [0.2, 0.25) is 0 Å². The van der Waals surface area contributed by atoms with Gasteiger partial charge in [-0.05, 0) is 20.3 Å². The highest BCUT2D eigenvalue weighted by atomic mass is 16.5. The molecule has 0 bridgehead atoms. The molecule has 0 radical (unpaired) electrons. The lowest BCUT2D eigenvalue weighted by molar-refractivity contribution is -0.138. The van der Waals surface area contributed by atoms with Crippen LogP contribution < -0.4 is 5.32 Å². The number of carbonyl (C=O) groups is 3. The molecule has 1 aromatic heterocycles. The van der Waals surface area contributed by atoms with Gasteiger partial charge in [0.05, 0.1) is 6.54 Å². The fourth-order valence-electron chi connectivity index (χ4n) is 3.48. The maximum atomic E-state index is 12.9. The van der Waals surface area contributed by atoms with Crippen molar-refractivity contribution in [3.05, 3.63) is 23.5 Å². The molecule has 9 nitrogen and oxygen atoms in total. The van der Waals surface area contributed by atoms with E-state index < -0.39 is 5.60 Å². The number of aromatic nitrogens is 3. The molecule has 0 aliphatic carbocycles. The summed E-state index contributed by atoms with van der Waals surface area (Å²) < 4.78 is 7.70. The molecule has 2 aliphatic heterocycles. The lowest BCUT2D eigenvalue weighted by Crippen LogP contribution is -2.40. The van der Waals surface area contributed by atoms with E-state index in [0.29, 0.717) is 38.4 Å². The lowest BCUT2D eigenvalue weighted by atomic mass is 9.98. The molecule has 1 N–H and O–H groups in total. The van der Waals surface area contributed by atoms with Crippen LogP contribution in [0.15, 0.2) is 11.8 Å². The highest BCUT2D eigenvalue weighted by molar-refractivity contribution is 6.01. The van der Waals surface area contributed by atoms with Crippen molar-refractivity contribution in [3.8, 4) is 0 Å². The average molecular weight is 403 g/mol. The van der Waals surface area contributed by atoms with Crippen molar-refractivity contribution in [2.45, 2.75) is 65.6 Å². The van der Waals surface area contributed by atoms with Gasteiger partial charge in [-0.2, -0.15) is 0 Å². The van der Waals surface area contributed by atoms with Crippen molar-refractivity contribution in [3.63, 3.8) is 0 Å². The number of ether oxygens (including phenoxy) is 1. The van der Waals surface area contributed by atoms with E-state index >= 15 is 0 Å². The summed E-state index contributed by atoms with van der Waals surface area (Å²) in [5, 5.41) is 11.3. The number of rotatable bonds is 5. The van der Waals surface area contributed by atoms with Crippen LogP contribution in [0.25, 0.3) is 0 Å². The number of allylic oxidation sites excluding steroid dienone is 1. The second-order valence-electron chi connectivity index (χ2n) is 8.27. The summed E-state index contributed by atoms with van der Waals surface area (Å²) in [4.78, 5) is 38.5. The number of carbonyl (C=O) groups excluding carboxylic acids is 3. The Morgan fingerprint density at radius 3 is 2.72 bits per heavy atom. The van der Waals surface area contributed by atoms with Gasteiger partial charge >= 0.3 is 0 Å². The van der Waals surface area contributed by atoms with Crippen LogP contribution in [0.1, 0.15) is 52.2 Å². The number of hydrogen-bond donors (Lipinski definition) is 1. The van der Waals surface area contributed by atoms with E-state index in [-0.39, 0.29) is 35.7 Å². The van der Waals surface area contributed by atoms with Gasteiger partial charge in [0.2, 0.25) is 5.91 Å². The summed E-state index contributed by atoms with van der Waals surface area (Å²) in [6.07, 6.45) is 2.88. The highest BCUT2D eigenvalue weighted by Gasteiger charge is 2.34. The van der Waals surface area contributed by atoms with Crippen LogP contribution in [0.5, 0.6) is 0 Å². The first-order chi connectivity index (χ1) is 13.7. The topological polar surface area (TPSA) is 106 Å². The zero-order chi connectivity index (χ0) is 21.2. The Morgan fingerprint density at radius 1 is 1.28 bits per heavy atom. The van der Waals surface area contributed by atoms with Crippen molar-refractivity contribution in [2.24, 2.45) is 5.92 Å². The van der Waals surface area contributed by atoms with Gasteiger partial charge in [0.15, 0.2) is 17.4 Å². The maximum absolute atomic E-state index is 12.9. The Hall–Kier alpha value is -2.71. The molecule has 9 heteroatoms. The maximum Gasteiger partial charge on any atom is 0.289 e. The second-order valence-corrected chi connectivity index (χ2v) is 8.27. The highest BCUT2D eigenvalue weighted by Crippen LogP contribution is 2.26. The number of hydrogen-bond acceptors (Lipinski definition) is 6. The van der Waals surface area contributed by atoms with E-state index in [1.165, 1.54) is 6.08 Å². The van der Waals surface area contributed by atoms with Gasteiger partial charge in [-0.3, -0.25) is 14.4 Å². The van der Waals surface area contributed by atoms with E-state index in [0.717, 1.165) is 12.2 Å². The van der Waals surface area contributed by atoms with Crippen molar-refractivity contribution < 1.29 is 19.1 Å². The van der Waals surface area contributed by atoms with Crippen LogP contribution in [0, 0.1) is 5.92 Å². The molecular weight excluding hydrogens is 374 g/mol. The SMILES string of the molecule is CC[C@@H](C)C(=O)NCc1nnc2n1CCN(C(=O)C1=CC(=O)CC(C)(C)O1)CC2. The summed E-state index contributed by atoms with van der Waals surface area (Å²) in [5.41, 5.74) is -0.680. The minimum absolute atomic E-state index is 0.0102. The fraction of sp³-hybridized carbons (Fsp3) is 0.650. The summed E-state index contributed by atoms with van der Waals surface area (Å²) in [6.45, 7) is 9.20. The minimum atomic E-state index is -0.680. The number of ketones is 1. The second kappa shape index (κ2) is 8.34. The molecule has 1 atom stereocenters. The lowest BCUT2D eigenvalue weighted by Gasteiger charge is -2.32. The third kappa shape index (κ3) is 4.83. The molecule has 1 aromatic rings. The normalized spacial score (nSPS) is 19.5. The molecule has 3 rings (SSSR count). The quantitative estimate of drug-likeness (QED) is 0.785. The molecule has 0 saturated heterocycles. The largest absolute Gasteiger partial charge is 0.481 e. The number of amides is 2. The van der Waals surface area contributed by atoms with Crippen LogP contribution >= 0.6 is 0 Å². The Morgan fingerprint density at radius 2 is 2.03 bits per heavy atom. The monoisotopic (exact) mass is 403 g/mol. The third-order valence-electron chi connectivity index (χ3n) is 5.36. The molecule has 158 valence electrons. The van der Waals surface area contributed by atoms with Gasteiger partial charge < -0.3 is 19.5 Å². The van der Waals surface area contributed by atoms with Gasteiger partial charge in [-0.15, -0.1) is 10.2 Å². The van der Waals surface area contributed by atoms with Gasteiger partial charge in [0.1, 0.15) is 11.4 Å². The molecule has 0 fully saturated rings. The standard InChI is InChI=1S/C20H29N5O4/c1-5-13(2)18(27)21-12-17-23-22-16-6-7-24(8-9-25(16)17)19(28)15-10-14(26)11-20(3,4)29-15/h10,13H,5-9,11-12H2,1-4H3,(H,21,27)/t13-/m1/s1. The summed E-state index contributed by atoms with van der Waals surface area (Å²) in [6, 6.07) is 0. The van der Waals surface area contributed by atoms with E-state index in [1.807, 2.05) is 18.4 Å². The van der Waals surface area contributed by atoms with Crippen LogP contribution in [0.4, 0.5) is 0 Å². The number of nitrogens with zero attached hydrogens (tertiary/aromatic N) is 4. The average Bonchev–Trinajstić information content (AvgIpc) is 2.92. The van der Waals surface area contributed by atoms with E-state index in [1.54, 1.807) is 18.7 Å². The molecule has 0 aromatic carbocycles. The van der Waals surface area contributed by atoms with Crippen LogP contribution in [0.3, 0.4) is 0 Å². The molecule has 2 amide bonds. The van der Waals surface area contributed by atoms with Crippen molar-refractivity contribution in [2.75, 3.05) is 13.1 Å². The van der Waals surface area contributed by atoms with E-state index in [9.17, 15) is 14.4 Å².